The summed E-state index contributed by atoms with van der Waals surface area (Å²) in [4.78, 5) is 17.0. The summed E-state index contributed by atoms with van der Waals surface area (Å²) >= 11 is 0. The molecular weight excluding hydrogens is 394 g/mol. The van der Waals surface area contributed by atoms with Crippen molar-refractivity contribution in [3.63, 3.8) is 0 Å². The molecule has 6 nitrogen and oxygen atoms in total. The van der Waals surface area contributed by atoms with E-state index in [1.165, 1.54) is 0 Å². The van der Waals surface area contributed by atoms with Crippen LogP contribution in [0.5, 0.6) is 23.0 Å². The van der Waals surface area contributed by atoms with Gasteiger partial charge in [0.2, 0.25) is 0 Å². The zero-order valence-electron chi connectivity index (χ0n) is 18.1. The molecule has 1 heterocycles. The van der Waals surface area contributed by atoms with Crippen LogP contribution in [0.4, 0.5) is 0 Å². The van der Waals surface area contributed by atoms with Gasteiger partial charge in [-0.3, -0.25) is 4.98 Å². The molecule has 0 saturated heterocycles. The molecule has 0 saturated carbocycles. The third kappa shape index (κ3) is 5.54. The average molecular weight is 421 g/mol. The Bertz CT molecular complexity index is 1060. The second-order valence-corrected chi connectivity index (χ2v) is 6.79. The number of esters is 1. The number of benzene rings is 2. The number of para-hydroxylation sites is 1. The molecule has 3 rings (SSSR count). The largest absolute Gasteiger partial charge is 0.493 e. The number of hydrogen-bond donors (Lipinski definition) is 0. The molecule has 0 fully saturated rings. The minimum absolute atomic E-state index is 0.358. The quantitative estimate of drug-likeness (QED) is 0.229. The standard InChI is InChI=1S/C25H27NO5/c1-4-5-6-7-10-15-30-25(27)18-11-8-9-12-21(18)31-22-13-14-26-20-17-24(29-3)23(28-2)16-19(20)22/h5-6,8-9,11-14,16-17H,4,7,10,15H2,1-3H3/b6-5-. The van der Waals surface area contributed by atoms with Crippen LogP contribution >= 0.6 is 0 Å². The van der Waals surface area contributed by atoms with Crippen molar-refractivity contribution in [2.75, 3.05) is 20.8 Å². The zero-order valence-corrected chi connectivity index (χ0v) is 18.1. The third-order valence-electron chi connectivity index (χ3n) is 4.68. The monoisotopic (exact) mass is 421 g/mol. The van der Waals surface area contributed by atoms with E-state index < -0.39 is 5.97 Å². The Hall–Kier alpha value is -3.54. The molecule has 31 heavy (non-hydrogen) atoms. The average Bonchev–Trinajstić information content (AvgIpc) is 2.80. The number of ether oxygens (including phenoxy) is 4. The molecular formula is C25H27NO5. The summed E-state index contributed by atoms with van der Waals surface area (Å²) in [5, 5.41) is 0.742. The maximum absolute atomic E-state index is 12.6. The van der Waals surface area contributed by atoms with Crippen LogP contribution < -0.4 is 14.2 Å². The number of fused-ring (bicyclic) bond motifs is 1. The summed E-state index contributed by atoms with van der Waals surface area (Å²) in [6.07, 6.45) is 8.52. The summed E-state index contributed by atoms with van der Waals surface area (Å²) in [5.74, 6) is 1.71. The number of rotatable bonds is 10. The van der Waals surface area contributed by atoms with E-state index in [-0.39, 0.29) is 0 Å². The first-order valence-corrected chi connectivity index (χ1v) is 10.3. The zero-order chi connectivity index (χ0) is 22.1. The van der Waals surface area contributed by atoms with Crippen molar-refractivity contribution >= 4 is 16.9 Å². The lowest BCUT2D eigenvalue weighted by Crippen LogP contribution is -2.08. The molecule has 0 N–H and O–H groups in total. The van der Waals surface area contributed by atoms with Crippen LogP contribution in [0, 0.1) is 0 Å². The minimum atomic E-state index is -0.410. The molecule has 0 spiro atoms. The highest BCUT2D eigenvalue weighted by Gasteiger charge is 2.16. The highest BCUT2D eigenvalue weighted by molar-refractivity contribution is 5.93. The number of nitrogens with zero attached hydrogens (tertiary/aromatic N) is 1. The number of carbonyl (C=O) groups excluding carboxylic acids is 1. The number of aromatic nitrogens is 1. The summed E-state index contributed by atoms with van der Waals surface area (Å²) < 4.78 is 22.3. The summed E-state index contributed by atoms with van der Waals surface area (Å²) in [5.41, 5.74) is 1.06. The molecule has 6 heteroatoms. The highest BCUT2D eigenvalue weighted by Crippen LogP contribution is 2.37. The maximum Gasteiger partial charge on any atom is 0.341 e. The van der Waals surface area contributed by atoms with Crippen LogP contribution in [-0.2, 0) is 4.74 Å². The minimum Gasteiger partial charge on any atom is -0.493 e. The van der Waals surface area contributed by atoms with E-state index in [4.69, 9.17) is 18.9 Å². The van der Waals surface area contributed by atoms with Crippen molar-refractivity contribution in [3.05, 3.63) is 66.4 Å². The molecule has 0 aliphatic heterocycles. The lowest BCUT2D eigenvalue weighted by molar-refractivity contribution is 0.0498. The highest BCUT2D eigenvalue weighted by atomic mass is 16.5. The maximum atomic E-state index is 12.6. The van der Waals surface area contributed by atoms with Crippen LogP contribution in [0.15, 0.2) is 60.8 Å². The van der Waals surface area contributed by atoms with E-state index in [2.05, 4.69) is 24.1 Å². The van der Waals surface area contributed by atoms with E-state index in [1.54, 1.807) is 56.8 Å². The van der Waals surface area contributed by atoms with Gasteiger partial charge in [0.05, 0.1) is 26.3 Å². The molecule has 2 aromatic carbocycles. The van der Waals surface area contributed by atoms with E-state index in [1.807, 2.05) is 6.07 Å². The Morgan fingerprint density at radius 1 is 0.968 bits per heavy atom. The van der Waals surface area contributed by atoms with Crippen LogP contribution in [0.1, 0.15) is 36.5 Å². The van der Waals surface area contributed by atoms with Crippen molar-refractivity contribution < 1.29 is 23.7 Å². The Balaban J connectivity index is 1.81. The van der Waals surface area contributed by atoms with Gasteiger partial charge in [0.15, 0.2) is 11.5 Å². The fraction of sp³-hybridized carbons (Fsp3) is 0.280. The lowest BCUT2D eigenvalue weighted by atomic mass is 10.1. The van der Waals surface area contributed by atoms with Gasteiger partial charge < -0.3 is 18.9 Å². The Morgan fingerprint density at radius 3 is 2.52 bits per heavy atom. The topological polar surface area (TPSA) is 66.9 Å². The van der Waals surface area contributed by atoms with E-state index >= 15 is 0 Å². The number of allylic oxidation sites excluding steroid dienone is 2. The molecule has 0 amide bonds. The van der Waals surface area contributed by atoms with Gasteiger partial charge in [0.1, 0.15) is 17.1 Å². The molecule has 162 valence electrons. The van der Waals surface area contributed by atoms with Gasteiger partial charge in [-0.2, -0.15) is 0 Å². The predicted molar refractivity (Wildman–Crippen MR) is 120 cm³/mol. The molecule has 1 aromatic heterocycles. The van der Waals surface area contributed by atoms with Gasteiger partial charge in [-0.15, -0.1) is 0 Å². The second kappa shape index (κ2) is 11.0. The molecule has 3 aromatic rings. The van der Waals surface area contributed by atoms with Crippen molar-refractivity contribution in [2.45, 2.75) is 26.2 Å². The number of pyridine rings is 1. The van der Waals surface area contributed by atoms with Crippen molar-refractivity contribution in [1.82, 2.24) is 4.98 Å². The first-order chi connectivity index (χ1) is 15.2. The molecule has 0 unspecified atom stereocenters. The molecule has 0 radical (unpaired) electrons. The number of unbranched alkanes of at least 4 members (excludes halogenated alkanes) is 1. The first-order valence-electron chi connectivity index (χ1n) is 10.3. The molecule has 0 atom stereocenters. The number of hydrogen-bond acceptors (Lipinski definition) is 6. The van der Waals surface area contributed by atoms with Gasteiger partial charge in [-0.25, -0.2) is 4.79 Å². The van der Waals surface area contributed by atoms with Crippen molar-refractivity contribution in [2.24, 2.45) is 0 Å². The first kappa shape index (κ1) is 22.2. The van der Waals surface area contributed by atoms with Gasteiger partial charge in [0, 0.05) is 17.6 Å². The van der Waals surface area contributed by atoms with Gasteiger partial charge >= 0.3 is 5.97 Å². The Morgan fingerprint density at radius 2 is 1.74 bits per heavy atom. The fourth-order valence-electron chi connectivity index (χ4n) is 3.11. The molecule has 0 bridgehead atoms. The predicted octanol–water partition coefficient (Wildman–Crippen LogP) is 5.95. The third-order valence-corrected chi connectivity index (χ3v) is 4.68. The summed E-state index contributed by atoms with van der Waals surface area (Å²) in [6.45, 7) is 2.45. The van der Waals surface area contributed by atoms with Gasteiger partial charge in [0.25, 0.3) is 0 Å². The van der Waals surface area contributed by atoms with Gasteiger partial charge in [-0.05, 0) is 43.5 Å². The van der Waals surface area contributed by atoms with Gasteiger partial charge in [-0.1, -0.05) is 31.2 Å². The van der Waals surface area contributed by atoms with E-state index in [9.17, 15) is 4.79 Å². The van der Waals surface area contributed by atoms with Crippen LogP contribution in [-0.4, -0.2) is 31.8 Å². The lowest BCUT2D eigenvalue weighted by Gasteiger charge is -2.14. The van der Waals surface area contributed by atoms with Crippen molar-refractivity contribution in [1.29, 1.82) is 0 Å². The summed E-state index contributed by atoms with van der Waals surface area (Å²) in [6, 6.07) is 12.4. The number of methoxy groups -OCH3 is 2. The fourth-order valence-corrected chi connectivity index (χ4v) is 3.11. The van der Waals surface area contributed by atoms with Crippen molar-refractivity contribution in [3.8, 4) is 23.0 Å². The van der Waals surface area contributed by atoms with Crippen LogP contribution in [0.3, 0.4) is 0 Å². The smallest absolute Gasteiger partial charge is 0.341 e. The number of carbonyl (C=O) groups is 1. The van der Waals surface area contributed by atoms with E-state index in [0.717, 1.165) is 24.6 Å². The van der Waals surface area contributed by atoms with Crippen LogP contribution in [0.25, 0.3) is 10.9 Å². The molecule has 0 aliphatic carbocycles. The summed E-state index contributed by atoms with van der Waals surface area (Å²) in [7, 11) is 3.15. The van der Waals surface area contributed by atoms with Crippen LogP contribution in [0.2, 0.25) is 0 Å². The Labute approximate surface area is 182 Å². The SMILES string of the molecule is CC/C=C\CCCOC(=O)c1ccccc1Oc1ccnc2cc(OC)c(OC)cc12. The normalized spacial score (nSPS) is 10.9. The molecule has 0 aliphatic rings. The second-order valence-electron chi connectivity index (χ2n) is 6.79. The van der Waals surface area contributed by atoms with E-state index in [0.29, 0.717) is 40.7 Å². The Kier molecular flexibility index (Phi) is 7.87.